The Morgan fingerprint density at radius 3 is 2.62 bits per heavy atom. The second-order valence-electron chi connectivity index (χ2n) is 5.87. The van der Waals surface area contributed by atoms with E-state index in [0.717, 1.165) is 11.0 Å². The number of rotatable bonds is 10. The summed E-state index contributed by atoms with van der Waals surface area (Å²) in [4.78, 5) is 24.2. The van der Waals surface area contributed by atoms with Crippen molar-refractivity contribution in [1.82, 2.24) is 0 Å². The van der Waals surface area contributed by atoms with Crippen LogP contribution in [0.3, 0.4) is 0 Å². The minimum atomic E-state index is -1.08. The van der Waals surface area contributed by atoms with Crippen molar-refractivity contribution in [2.75, 3.05) is 24.8 Å². The van der Waals surface area contributed by atoms with Crippen LogP contribution in [-0.2, 0) is 9.53 Å². The molecule has 0 unspecified atom stereocenters. The number of carbonyl (C=O) groups is 2. The van der Waals surface area contributed by atoms with E-state index in [0.29, 0.717) is 17.0 Å². The Morgan fingerprint density at radius 2 is 1.97 bits per heavy atom. The molecule has 7 nitrogen and oxygen atoms in total. The van der Waals surface area contributed by atoms with Crippen LogP contribution in [0.25, 0.3) is 0 Å². The number of ether oxygens (including phenoxy) is 2. The fourth-order valence-corrected chi connectivity index (χ4v) is 2.87. The highest BCUT2D eigenvalue weighted by Gasteiger charge is 2.17. The Bertz CT molecular complexity index is 837. The van der Waals surface area contributed by atoms with Crippen LogP contribution in [0.5, 0.6) is 5.75 Å². The highest BCUT2D eigenvalue weighted by atomic mass is 32.2. The van der Waals surface area contributed by atoms with Gasteiger partial charge in [-0.3, -0.25) is 5.32 Å². The molecule has 0 aromatic heterocycles. The monoisotopic (exact) mass is 417 g/mol. The molecule has 29 heavy (non-hydrogen) atoms. The van der Waals surface area contributed by atoms with Gasteiger partial charge in [-0.15, -0.1) is 11.8 Å². The van der Waals surface area contributed by atoms with Gasteiger partial charge >= 0.3 is 12.1 Å². The van der Waals surface area contributed by atoms with Crippen molar-refractivity contribution >= 4 is 29.5 Å². The van der Waals surface area contributed by atoms with E-state index < -0.39 is 18.2 Å². The predicted molar refractivity (Wildman–Crippen MR) is 111 cm³/mol. The van der Waals surface area contributed by atoms with Gasteiger partial charge in [0.1, 0.15) is 18.5 Å². The van der Waals surface area contributed by atoms with E-state index in [2.05, 4.69) is 5.32 Å². The van der Waals surface area contributed by atoms with Crippen LogP contribution in [-0.4, -0.2) is 41.7 Å². The van der Waals surface area contributed by atoms with Gasteiger partial charge in [0.05, 0.1) is 6.61 Å². The smallest absolute Gasteiger partial charge is 0.412 e. The largest absolute Gasteiger partial charge is 0.491 e. The van der Waals surface area contributed by atoms with Crippen molar-refractivity contribution in [3.63, 3.8) is 0 Å². The number of aliphatic hydroxyl groups is 1. The number of thioether (sulfide) groups is 1. The normalized spacial score (nSPS) is 11.8. The molecule has 0 aliphatic carbocycles. The van der Waals surface area contributed by atoms with Crippen LogP contribution in [0.2, 0.25) is 0 Å². The summed E-state index contributed by atoms with van der Waals surface area (Å²) in [5, 5.41) is 20.4. The van der Waals surface area contributed by atoms with Crippen molar-refractivity contribution in [3.8, 4) is 5.75 Å². The molecule has 0 heterocycles. The number of aliphatic hydroxyl groups excluding tert-OH is 1. The number of hydrogen-bond acceptors (Lipinski definition) is 6. The van der Waals surface area contributed by atoms with Crippen LogP contribution in [0, 0.1) is 0 Å². The molecule has 0 saturated heterocycles. The quantitative estimate of drug-likeness (QED) is 0.395. The Labute approximate surface area is 173 Å². The molecule has 2 rings (SSSR count). The fourth-order valence-electron chi connectivity index (χ4n) is 2.46. The van der Waals surface area contributed by atoms with E-state index in [1.54, 1.807) is 48.2 Å². The van der Waals surface area contributed by atoms with Crippen molar-refractivity contribution < 1.29 is 29.3 Å². The van der Waals surface area contributed by atoms with E-state index in [1.807, 2.05) is 18.4 Å². The maximum absolute atomic E-state index is 12.4. The first-order chi connectivity index (χ1) is 14.0. The molecule has 0 aliphatic heterocycles. The second-order valence-corrected chi connectivity index (χ2v) is 6.75. The number of carbonyl (C=O) groups excluding carboxylic acids is 1. The third kappa shape index (κ3) is 7.89. The second kappa shape index (κ2) is 11.8. The van der Waals surface area contributed by atoms with E-state index in [9.17, 15) is 9.59 Å². The molecule has 0 radical (unpaired) electrons. The molecule has 8 heteroatoms. The van der Waals surface area contributed by atoms with Gasteiger partial charge in [-0.05, 0) is 48.2 Å². The number of hydrogen-bond donors (Lipinski definition) is 3. The first-order valence-electron chi connectivity index (χ1n) is 8.86. The summed E-state index contributed by atoms with van der Waals surface area (Å²) in [6, 6.07) is 14.2. The summed E-state index contributed by atoms with van der Waals surface area (Å²) < 4.78 is 10.9. The summed E-state index contributed by atoms with van der Waals surface area (Å²) in [6.07, 6.45) is 3.20. The molecule has 2 aromatic carbocycles. The molecular formula is C21H23NO6S. The van der Waals surface area contributed by atoms with Gasteiger partial charge in [0, 0.05) is 23.1 Å². The molecular weight excluding hydrogens is 394 g/mol. The number of aliphatic carboxylic acids is 1. The summed E-state index contributed by atoms with van der Waals surface area (Å²) >= 11 is 1.60. The average molecular weight is 417 g/mol. The van der Waals surface area contributed by atoms with Crippen LogP contribution >= 0.6 is 11.8 Å². The first-order valence-corrected chi connectivity index (χ1v) is 10.1. The lowest BCUT2D eigenvalue weighted by Crippen LogP contribution is -2.17. The van der Waals surface area contributed by atoms with Gasteiger partial charge in [0.25, 0.3) is 0 Å². The number of nitrogens with one attached hydrogen (secondary N) is 1. The van der Waals surface area contributed by atoms with Crippen molar-refractivity contribution in [2.45, 2.75) is 17.4 Å². The lowest BCUT2D eigenvalue weighted by molar-refractivity contribution is -0.131. The van der Waals surface area contributed by atoms with Crippen LogP contribution < -0.4 is 10.1 Å². The van der Waals surface area contributed by atoms with Gasteiger partial charge in [-0.1, -0.05) is 18.2 Å². The molecule has 154 valence electrons. The minimum absolute atomic E-state index is 0.122. The number of benzene rings is 2. The van der Waals surface area contributed by atoms with Crippen LogP contribution in [0.1, 0.15) is 18.1 Å². The summed E-state index contributed by atoms with van der Waals surface area (Å²) in [7, 11) is 0. The lowest BCUT2D eigenvalue weighted by atomic mass is 10.1. The zero-order chi connectivity index (χ0) is 21.1. The molecule has 0 fully saturated rings. The number of amides is 1. The third-order valence-electron chi connectivity index (χ3n) is 3.79. The SMILES string of the molecule is CSc1ccc(NC(=O)O[C@@H](C/C=C/C(=O)O)c2cccc(OCCO)c2)cc1. The number of carboxylic acid groups (broad SMARTS) is 1. The lowest BCUT2D eigenvalue weighted by Gasteiger charge is -2.18. The maximum Gasteiger partial charge on any atom is 0.412 e. The summed E-state index contributed by atoms with van der Waals surface area (Å²) in [5.74, 6) is -0.567. The van der Waals surface area contributed by atoms with Crippen LogP contribution in [0.15, 0.2) is 65.6 Å². The fraction of sp³-hybridized carbons (Fsp3) is 0.238. The van der Waals surface area contributed by atoms with E-state index in [1.165, 1.54) is 6.08 Å². The molecule has 1 atom stereocenters. The molecule has 1 amide bonds. The molecule has 0 aliphatic rings. The number of anilines is 1. The Hall–Kier alpha value is -2.97. The predicted octanol–water partition coefficient (Wildman–Crippen LogP) is 4.10. The van der Waals surface area contributed by atoms with Gasteiger partial charge in [0.2, 0.25) is 0 Å². The Morgan fingerprint density at radius 1 is 1.21 bits per heavy atom. The minimum Gasteiger partial charge on any atom is -0.491 e. The zero-order valence-electron chi connectivity index (χ0n) is 15.9. The molecule has 3 N–H and O–H groups in total. The Kier molecular flexibility index (Phi) is 9.07. The van der Waals surface area contributed by atoms with Gasteiger partial charge in [0.15, 0.2) is 0 Å². The molecule has 0 bridgehead atoms. The Balaban J connectivity index is 2.12. The molecule has 2 aromatic rings. The molecule has 0 saturated carbocycles. The van der Waals surface area contributed by atoms with Gasteiger partial charge in [-0.25, -0.2) is 9.59 Å². The summed E-state index contributed by atoms with van der Waals surface area (Å²) in [5.41, 5.74) is 1.23. The average Bonchev–Trinajstić information content (AvgIpc) is 2.72. The van der Waals surface area contributed by atoms with Crippen molar-refractivity contribution in [1.29, 1.82) is 0 Å². The van der Waals surface area contributed by atoms with Gasteiger partial charge < -0.3 is 19.7 Å². The topological polar surface area (TPSA) is 105 Å². The molecule has 0 spiro atoms. The number of carboxylic acids is 1. The highest BCUT2D eigenvalue weighted by Crippen LogP contribution is 2.26. The maximum atomic E-state index is 12.4. The third-order valence-corrected chi connectivity index (χ3v) is 4.53. The standard InChI is InChI=1S/C21H23NO6S/c1-29-18-10-8-16(9-11-18)22-21(26)28-19(6-3-7-20(24)25)15-4-2-5-17(14-15)27-13-12-23/h2-5,7-11,14,19,23H,6,12-13H2,1H3,(H,22,26)(H,24,25)/b7-3+/t19-/m0/s1. The summed E-state index contributed by atoms with van der Waals surface area (Å²) in [6.45, 7) is 0.0175. The van der Waals surface area contributed by atoms with Crippen molar-refractivity contribution in [3.05, 3.63) is 66.2 Å². The van der Waals surface area contributed by atoms with Crippen molar-refractivity contribution in [2.24, 2.45) is 0 Å². The first kappa shape index (κ1) is 22.3. The zero-order valence-corrected chi connectivity index (χ0v) is 16.7. The van der Waals surface area contributed by atoms with E-state index >= 15 is 0 Å². The highest BCUT2D eigenvalue weighted by molar-refractivity contribution is 7.98. The van der Waals surface area contributed by atoms with Gasteiger partial charge in [-0.2, -0.15) is 0 Å². The van der Waals surface area contributed by atoms with E-state index in [-0.39, 0.29) is 19.6 Å². The van der Waals surface area contributed by atoms with Crippen LogP contribution in [0.4, 0.5) is 10.5 Å². The van der Waals surface area contributed by atoms with E-state index in [4.69, 9.17) is 19.7 Å².